The summed E-state index contributed by atoms with van der Waals surface area (Å²) in [6, 6.07) is 0. The Morgan fingerprint density at radius 2 is 2.10 bits per heavy atom. The monoisotopic (exact) mass is 290 g/mol. The van der Waals surface area contributed by atoms with Gasteiger partial charge < -0.3 is 18.9 Å². The fourth-order valence-corrected chi connectivity index (χ4v) is 3.92. The van der Waals surface area contributed by atoms with E-state index in [4.69, 9.17) is 18.9 Å². The molecule has 5 aliphatic rings. The topological polar surface area (TPSA) is 77.7 Å². The summed E-state index contributed by atoms with van der Waals surface area (Å²) >= 11 is 0. The summed E-state index contributed by atoms with van der Waals surface area (Å²) < 4.78 is 22.3. The lowest BCUT2D eigenvalue weighted by Crippen LogP contribution is -2.33. The van der Waals surface area contributed by atoms with Crippen LogP contribution in [0.1, 0.15) is 13.3 Å². The Kier molecular flexibility index (Phi) is 1.93. The van der Waals surface area contributed by atoms with Crippen molar-refractivity contribution >= 4 is 11.9 Å². The zero-order chi connectivity index (χ0) is 14.5. The van der Waals surface area contributed by atoms with E-state index in [0.717, 1.165) is 0 Å². The van der Waals surface area contributed by atoms with Gasteiger partial charge in [0.1, 0.15) is 30.5 Å². The van der Waals surface area contributed by atoms with Gasteiger partial charge in [-0.15, -0.1) is 0 Å². The average Bonchev–Trinajstić information content (AvgIpc) is 3.25. The lowest BCUT2D eigenvalue weighted by Gasteiger charge is -2.23. The Labute approximate surface area is 120 Å². The van der Waals surface area contributed by atoms with Crippen LogP contribution in [0.25, 0.3) is 0 Å². The van der Waals surface area contributed by atoms with E-state index in [1.54, 1.807) is 6.08 Å². The molecule has 3 fully saturated rings. The smallest absolute Gasteiger partial charge is 0.337 e. The first-order chi connectivity index (χ1) is 9.98. The Morgan fingerprint density at radius 1 is 1.29 bits per heavy atom. The van der Waals surface area contributed by atoms with E-state index in [2.05, 4.69) is 6.58 Å². The first-order valence-corrected chi connectivity index (χ1v) is 7.14. The molecule has 0 unspecified atom stereocenters. The maximum atomic E-state index is 12.0. The SMILES string of the molecule is C=C1C(=O)O[C@H]2C[C@@]3(C)O[C@H]3[C@H]3O[C@@H]3C3=C[C@H](OC3=O)[C@@H]12. The normalized spacial score (nSPS) is 53.0. The molecule has 1 aliphatic carbocycles. The Hall–Kier alpha value is -1.66. The van der Waals surface area contributed by atoms with Gasteiger partial charge in [-0.1, -0.05) is 6.58 Å². The lowest BCUT2D eigenvalue weighted by atomic mass is 9.83. The molecule has 4 aliphatic heterocycles. The summed E-state index contributed by atoms with van der Waals surface area (Å²) in [5.41, 5.74) is 0.536. The highest BCUT2D eigenvalue weighted by atomic mass is 16.7. The van der Waals surface area contributed by atoms with Crippen LogP contribution in [-0.4, -0.2) is 48.1 Å². The molecule has 4 heterocycles. The fourth-order valence-electron chi connectivity index (χ4n) is 3.92. The van der Waals surface area contributed by atoms with Gasteiger partial charge in [0, 0.05) is 12.0 Å². The van der Waals surface area contributed by atoms with Gasteiger partial charge in [0.05, 0.1) is 17.1 Å². The molecule has 6 nitrogen and oxygen atoms in total. The summed E-state index contributed by atoms with van der Waals surface area (Å²) in [4.78, 5) is 23.9. The maximum absolute atomic E-state index is 12.0. The van der Waals surface area contributed by atoms with Crippen LogP contribution in [0, 0.1) is 5.92 Å². The summed E-state index contributed by atoms with van der Waals surface area (Å²) in [6.45, 7) is 5.80. The van der Waals surface area contributed by atoms with Crippen LogP contribution in [0.3, 0.4) is 0 Å². The second-order valence-corrected chi connectivity index (χ2v) is 6.56. The van der Waals surface area contributed by atoms with E-state index in [0.29, 0.717) is 17.6 Å². The minimum absolute atomic E-state index is 0.0541. The molecule has 0 spiro atoms. The molecule has 0 radical (unpaired) electrons. The highest BCUT2D eigenvalue weighted by molar-refractivity contribution is 5.94. The van der Waals surface area contributed by atoms with E-state index < -0.39 is 12.1 Å². The third-order valence-electron chi connectivity index (χ3n) is 5.18. The fraction of sp³-hybridized carbons (Fsp3) is 0.600. The molecule has 21 heavy (non-hydrogen) atoms. The van der Waals surface area contributed by atoms with Gasteiger partial charge in [-0.05, 0) is 13.0 Å². The molecule has 2 bridgehead atoms. The standard InChI is InChI=1S/C15H14O6/c1-5-9-7-3-6(14(17)18-7)10-11(20-10)12-15(2,21-12)4-8(9)19-13(5)16/h3,7-12H,1,4H2,2H3/t7-,8-,9+,10+,11-,12-,15+/m0/s1. The summed E-state index contributed by atoms with van der Waals surface area (Å²) in [5, 5.41) is 0. The number of ether oxygens (including phenoxy) is 4. The minimum Gasteiger partial charge on any atom is -0.458 e. The van der Waals surface area contributed by atoms with E-state index in [9.17, 15) is 9.59 Å². The predicted molar refractivity (Wildman–Crippen MR) is 67.0 cm³/mol. The Balaban J connectivity index is 1.59. The maximum Gasteiger partial charge on any atom is 0.337 e. The van der Waals surface area contributed by atoms with Gasteiger partial charge in [-0.2, -0.15) is 0 Å². The number of hydrogen-bond donors (Lipinski definition) is 0. The minimum atomic E-state index is -0.500. The van der Waals surface area contributed by atoms with Crippen molar-refractivity contribution in [2.75, 3.05) is 0 Å². The number of rotatable bonds is 0. The molecular formula is C15H14O6. The van der Waals surface area contributed by atoms with Gasteiger partial charge >= 0.3 is 11.9 Å². The largest absolute Gasteiger partial charge is 0.458 e. The van der Waals surface area contributed by atoms with Crippen molar-refractivity contribution in [3.05, 3.63) is 23.8 Å². The summed E-state index contributed by atoms with van der Waals surface area (Å²) in [5.74, 6) is -1.12. The molecule has 7 atom stereocenters. The first-order valence-electron chi connectivity index (χ1n) is 7.14. The summed E-state index contributed by atoms with van der Waals surface area (Å²) in [7, 11) is 0. The van der Waals surface area contributed by atoms with Gasteiger partial charge in [-0.3, -0.25) is 0 Å². The zero-order valence-corrected chi connectivity index (χ0v) is 11.4. The third-order valence-corrected chi connectivity index (χ3v) is 5.18. The molecule has 0 aromatic rings. The van der Waals surface area contributed by atoms with Crippen LogP contribution in [0.5, 0.6) is 0 Å². The van der Waals surface area contributed by atoms with Crippen LogP contribution >= 0.6 is 0 Å². The number of fused-ring (bicyclic) bond motifs is 7. The number of esters is 2. The van der Waals surface area contributed by atoms with Crippen LogP contribution in [0.4, 0.5) is 0 Å². The molecule has 110 valence electrons. The van der Waals surface area contributed by atoms with Crippen LogP contribution in [0.2, 0.25) is 0 Å². The molecule has 0 aromatic carbocycles. The van der Waals surface area contributed by atoms with E-state index in [-0.39, 0.29) is 41.9 Å². The Bertz CT molecular complexity index is 636. The highest BCUT2D eigenvalue weighted by Crippen LogP contribution is 2.54. The first kappa shape index (κ1) is 11.9. The molecular weight excluding hydrogens is 276 g/mol. The van der Waals surface area contributed by atoms with Gasteiger partial charge in [0.15, 0.2) is 0 Å². The van der Waals surface area contributed by atoms with Crippen LogP contribution in [-0.2, 0) is 28.5 Å². The van der Waals surface area contributed by atoms with Crippen molar-refractivity contribution in [1.82, 2.24) is 0 Å². The van der Waals surface area contributed by atoms with Crippen LogP contribution in [0.15, 0.2) is 23.8 Å². The lowest BCUT2D eigenvalue weighted by molar-refractivity contribution is -0.143. The van der Waals surface area contributed by atoms with E-state index in [1.807, 2.05) is 6.92 Å². The highest BCUT2D eigenvalue weighted by Gasteiger charge is 2.68. The van der Waals surface area contributed by atoms with Crippen molar-refractivity contribution in [2.24, 2.45) is 5.92 Å². The molecule has 0 saturated carbocycles. The third kappa shape index (κ3) is 1.44. The predicted octanol–water partition coefficient (Wildman–Crippen LogP) is 0.265. The molecule has 0 amide bonds. The molecule has 6 heteroatoms. The quantitative estimate of drug-likeness (QED) is 0.362. The van der Waals surface area contributed by atoms with Crippen molar-refractivity contribution < 1.29 is 28.5 Å². The molecule has 0 N–H and O–H groups in total. The van der Waals surface area contributed by atoms with Gasteiger partial charge in [-0.25, -0.2) is 9.59 Å². The second kappa shape index (κ2) is 3.39. The average molecular weight is 290 g/mol. The number of hydrogen-bond acceptors (Lipinski definition) is 6. The molecule has 0 aromatic heterocycles. The van der Waals surface area contributed by atoms with E-state index in [1.165, 1.54) is 0 Å². The zero-order valence-electron chi connectivity index (χ0n) is 11.4. The van der Waals surface area contributed by atoms with Crippen molar-refractivity contribution in [1.29, 1.82) is 0 Å². The van der Waals surface area contributed by atoms with Gasteiger partial charge in [0.2, 0.25) is 0 Å². The van der Waals surface area contributed by atoms with Crippen molar-refractivity contribution in [2.45, 2.75) is 49.5 Å². The summed E-state index contributed by atoms with van der Waals surface area (Å²) in [6.07, 6.45) is 1.08. The number of carbonyl (C=O) groups is 2. The second-order valence-electron chi connectivity index (χ2n) is 6.56. The molecule has 5 rings (SSSR count). The Morgan fingerprint density at radius 3 is 2.90 bits per heavy atom. The van der Waals surface area contributed by atoms with Crippen molar-refractivity contribution in [3.63, 3.8) is 0 Å². The van der Waals surface area contributed by atoms with Gasteiger partial charge in [0.25, 0.3) is 0 Å². The number of epoxide rings is 2. The van der Waals surface area contributed by atoms with E-state index >= 15 is 0 Å². The molecule has 3 saturated heterocycles. The van der Waals surface area contributed by atoms with Crippen LogP contribution < -0.4 is 0 Å². The number of carbonyl (C=O) groups excluding carboxylic acids is 2. The van der Waals surface area contributed by atoms with Crippen molar-refractivity contribution in [3.8, 4) is 0 Å².